The maximum atomic E-state index is 14.1. The smallest absolute Gasteiger partial charge is 0.182 e. The average molecular weight is 282 g/mol. The van der Waals surface area contributed by atoms with Crippen molar-refractivity contribution in [2.45, 2.75) is 45.7 Å². The molecule has 20 heavy (non-hydrogen) atoms. The SMILES string of the molecule is CCCC1CN(c2cccc(F)c2F)C(C(C)C)CN1. The van der Waals surface area contributed by atoms with Gasteiger partial charge < -0.3 is 10.2 Å². The van der Waals surface area contributed by atoms with Crippen LogP contribution in [0, 0.1) is 17.6 Å². The Labute approximate surface area is 120 Å². The van der Waals surface area contributed by atoms with Crippen molar-refractivity contribution >= 4 is 5.69 Å². The monoisotopic (exact) mass is 282 g/mol. The lowest BCUT2D eigenvalue weighted by Gasteiger charge is -2.44. The van der Waals surface area contributed by atoms with Gasteiger partial charge in [-0.05, 0) is 24.5 Å². The molecule has 0 bridgehead atoms. The number of anilines is 1. The number of halogens is 2. The summed E-state index contributed by atoms with van der Waals surface area (Å²) in [6.07, 6.45) is 2.14. The molecule has 1 heterocycles. The highest BCUT2D eigenvalue weighted by Crippen LogP contribution is 2.28. The van der Waals surface area contributed by atoms with Crippen LogP contribution in [-0.4, -0.2) is 25.2 Å². The van der Waals surface area contributed by atoms with Crippen molar-refractivity contribution in [3.05, 3.63) is 29.8 Å². The fraction of sp³-hybridized carbons (Fsp3) is 0.625. The summed E-state index contributed by atoms with van der Waals surface area (Å²) in [5.41, 5.74) is 0.395. The molecule has 0 saturated carbocycles. The van der Waals surface area contributed by atoms with Crippen LogP contribution in [0.3, 0.4) is 0 Å². The van der Waals surface area contributed by atoms with Gasteiger partial charge >= 0.3 is 0 Å². The van der Waals surface area contributed by atoms with Gasteiger partial charge in [-0.25, -0.2) is 8.78 Å². The number of nitrogens with one attached hydrogen (secondary N) is 1. The second-order valence-electron chi connectivity index (χ2n) is 5.93. The summed E-state index contributed by atoms with van der Waals surface area (Å²) in [4.78, 5) is 2.04. The quantitative estimate of drug-likeness (QED) is 0.908. The molecule has 1 aliphatic rings. The van der Waals surface area contributed by atoms with Crippen LogP contribution >= 0.6 is 0 Å². The normalized spacial score (nSPS) is 23.4. The fourth-order valence-electron chi connectivity index (χ4n) is 2.96. The Morgan fingerprint density at radius 2 is 2.10 bits per heavy atom. The van der Waals surface area contributed by atoms with Gasteiger partial charge in [0.15, 0.2) is 11.6 Å². The molecule has 2 unspecified atom stereocenters. The van der Waals surface area contributed by atoms with Gasteiger partial charge in [0.25, 0.3) is 0 Å². The van der Waals surface area contributed by atoms with E-state index in [2.05, 4.69) is 26.1 Å². The van der Waals surface area contributed by atoms with Gasteiger partial charge in [-0.15, -0.1) is 0 Å². The van der Waals surface area contributed by atoms with Gasteiger partial charge in [-0.3, -0.25) is 0 Å². The average Bonchev–Trinajstić information content (AvgIpc) is 2.42. The Balaban J connectivity index is 2.29. The summed E-state index contributed by atoms with van der Waals surface area (Å²) in [6.45, 7) is 7.94. The Morgan fingerprint density at radius 3 is 2.75 bits per heavy atom. The maximum absolute atomic E-state index is 14.1. The Kier molecular flexibility index (Phi) is 4.97. The van der Waals surface area contributed by atoms with Crippen molar-refractivity contribution in [3.8, 4) is 0 Å². The molecule has 0 amide bonds. The third-order valence-electron chi connectivity index (χ3n) is 4.08. The van der Waals surface area contributed by atoms with Crippen molar-refractivity contribution in [1.82, 2.24) is 5.32 Å². The Morgan fingerprint density at radius 1 is 1.35 bits per heavy atom. The van der Waals surface area contributed by atoms with Gasteiger partial charge in [0.1, 0.15) is 0 Å². The minimum Gasteiger partial charge on any atom is -0.363 e. The van der Waals surface area contributed by atoms with E-state index < -0.39 is 11.6 Å². The molecular weight excluding hydrogens is 258 g/mol. The van der Waals surface area contributed by atoms with Gasteiger partial charge in [-0.1, -0.05) is 33.3 Å². The zero-order valence-corrected chi connectivity index (χ0v) is 12.5. The largest absolute Gasteiger partial charge is 0.363 e. The van der Waals surface area contributed by atoms with E-state index >= 15 is 0 Å². The summed E-state index contributed by atoms with van der Waals surface area (Å²) in [5.74, 6) is -1.11. The second kappa shape index (κ2) is 6.53. The van der Waals surface area contributed by atoms with Crippen LogP contribution in [0.15, 0.2) is 18.2 Å². The van der Waals surface area contributed by atoms with Crippen LogP contribution in [0.4, 0.5) is 14.5 Å². The minimum atomic E-state index is -0.768. The minimum absolute atomic E-state index is 0.194. The molecule has 0 radical (unpaired) electrons. The topological polar surface area (TPSA) is 15.3 Å². The molecule has 2 nitrogen and oxygen atoms in total. The van der Waals surface area contributed by atoms with Gasteiger partial charge in [0, 0.05) is 25.2 Å². The van der Waals surface area contributed by atoms with E-state index in [-0.39, 0.29) is 6.04 Å². The summed E-state index contributed by atoms with van der Waals surface area (Å²) in [7, 11) is 0. The molecule has 0 spiro atoms. The zero-order chi connectivity index (χ0) is 14.7. The lowest BCUT2D eigenvalue weighted by atomic mass is 9.96. The second-order valence-corrected chi connectivity index (χ2v) is 5.93. The molecule has 1 aromatic carbocycles. The first kappa shape index (κ1) is 15.2. The predicted molar refractivity (Wildman–Crippen MR) is 79.0 cm³/mol. The third-order valence-corrected chi connectivity index (χ3v) is 4.08. The van der Waals surface area contributed by atoms with E-state index in [1.54, 1.807) is 12.1 Å². The van der Waals surface area contributed by atoms with E-state index in [1.165, 1.54) is 6.07 Å². The summed E-state index contributed by atoms with van der Waals surface area (Å²) >= 11 is 0. The first-order chi connectivity index (χ1) is 9.54. The van der Waals surface area contributed by atoms with Crippen molar-refractivity contribution < 1.29 is 8.78 Å². The molecule has 1 saturated heterocycles. The first-order valence-electron chi connectivity index (χ1n) is 7.48. The van der Waals surface area contributed by atoms with Crippen molar-refractivity contribution in [2.75, 3.05) is 18.0 Å². The Bertz CT molecular complexity index is 448. The maximum Gasteiger partial charge on any atom is 0.182 e. The van der Waals surface area contributed by atoms with Crippen LogP contribution in [0.2, 0.25) is 0 Å². The van der Waals surface area contributed by atoms with Crippen molar-refractivity contribution in [2.24, 2.45) is 5.92 Å². The van der Waals surface area contributed by atoms with E-state index in [1.807, 2.05) is 4.90 Å². The highest BCUT2D eigenvalue weighted by molar-refractivity contribution is 5.50. The molecule has 2 atom stereocenters. The van der Waals surface area contributed by atoms with Gasteiger partial charge in [0.2, 0.25) is 0 Å². The molecule has 2 rings (SSSR count). The molecular formula is C16H24F2N2. The highest BCUT2D eigenvalue weighted by Gasteiger charge is 2.31. The summed E-state index contributed by atoms with van der Waals surface area (Å²) in [6, 6.07) is 4.98. The van der Waals surface area contributed by atoms with Crippen molar-refractivity contribution in [1.29, 1.82) is 0 Å². The number of piperazine rings is 1. The number of benzene rings is 1. The van der Waals surface area contributed by atoms with E-state index in [0.717, 1.165) is 25.9 Å². The van der Waals surface area contributed by atoms with E-state index in [4.69, 9.17) is 0 Å². The third kappa shape index (κ3) is 3.11. The number of hydrogen-bond acceptors (Lipinski definition) is 2. The molecule has 1 aromatic rings. The summed E-state index contributed by atoms with van der Waals surface area (Å²) in [5, 5.41) is 3.53. The zero-order valence-electron chi connectivity index (χ0n) is 12.5. The number of hydrogen-bond donors (Lipinski definition) is 1. The molecule has 1 N–H and O–H groups in total. The first-order valence-corrected chi connectivity index (χ1v) is 7.48. The molecule has 0 aliphatic carbocycles. The standard InChI is InChI=1S/C16H24F2N2/c1-4-6-12-10-20(15(9-19-12)11(2)3)14-8-5-7-13(17)16(14)18/h5,7-8,11-12,15,19H,4,6,9-10H2,1-3H3. The lowest BCUT2D eigenvalue weighted by Crippen LogP contribution is -2.58. The van der Waals surface area contributed by atoms with Crippen molar-refractivity contribution in [3.63, 3.8) is 0 Å². The number of nitrogens with zero attached hydrogens (tertiary/aromatic N) is 1. The van der Waals surface area contributed by atoms with Crippen LogP contribution in [0.25, 0.3) is 0 Å². The number of rotatable bonds is 4. The van der Waals surface area contributed by atoms with Gasteiger partial charge in [-0.2, -0.15) is 0 Å². The highest BCUT2D eigenvalue weighted by atomic mass is 19.2. The van der Waals surface area contributed by atoms with Crippen LogP contribution in [0.1, 0.15) is 33.6 Å². The van der Waals surface area contributed by atoms with E-state index in [0.29, 0.717) is 17.6 Å². The molecule has 1 aliphatic heterocycles. The summed E-state index contributed by atoms with van der Waals surface area (Å²) < 4.78 is 27.6. The fourth-order valence-corrected chi connectivity index (χ4v) is 2.96. The molecule has 112 valence electrons. The predicted octanol–water partition coefficient (Wildman–Crippen LogP) is 3.57. The van der Waals surface area contributed by atoms with Gasteiger partial charge in [0.05, 0.1) is 5.69 Å². The molecule has 1 fully saturated rings. The lowest BCUT2D eigenvalue weighted by molar-refractivity contribution is 0.324. The van der Waals surface area contributed by atoms with Crippen LogP contribution in [-0.2, 0) is 0 Å². The van der Waals surface area contributed by atoms with Crippen LogP contribution in [0.5, 0.6) is 0 Å². The molecule has 0 aromatic heterocycles. The Hall–Kier alpha value is -1.16. The molecule has 4 heteroatoms. The van der Waals surface area contributed by atoms with E-state index in [9.17, 15) is 8.78 Å². The van der Waals surface area contributed by atoms with Crippen LogP contribution < -0.4 is 10.2 Å².